The molecule has 2 aromatic rings. The van der Waals surface area contributed by atoms with Gasteiger partial charge in [-0.3, -0.25) is 9.10 Å². The van der Waals surface area contributed by atoms with Gasteiger partial charge in [-0.05, 0) is 56.4 Å². The van der Waals surface area contributed by atoms with E-state index < -0.39 is 64.8 Å². The molecule has 2 N–H and O–H groups in total. The summed E-state index contributed by atoms with van der Waals surface area (Å²) in [6.07, 6.45) is -12.7. The molecule has 0 aromatic heterocycles. The number of aryl methyl sites for hydroxylation is 2. The van der Waals surface area contributed by atoms with Crippen molar-refractivity contribution in [3.05, 3.63) is 59.2 Å². The fraction of sp³-hybridized carbons (Fsp3) is 0.519. The lowest BCUT2D eigenvalue weighted by atomic mass is 9.87. The van der Waals surface area contributed by atoms with Gasteiger partial charge in [0.1, 0.15) is 0 Å². The van der Waals surface area contributed by atoms with E-state index in [9.17, 15) is 49.2 Å². The van der Waals surface area contributed by atoms with E-state index in [-0.39, 0.29) is 48.3 Å². The topological polar surface area (TPSA) is 69.6 Å². The number of fused-ring (bicyclic) bond motifs is 1. The summed E-state index contributed by atoms with van der Waals surface area (Å²) in [6.45, 7) is 1.79. The number of hydrogen-bond acceptors (Lipinski definition) is 3. The monoisotopic (exact) mass is 612 g/mol. The highest BCUT2D eigenvalue weighted by molar-refractivity contribution is 7.86. The highest BCUT2D eigenvalue weighted by Gasteiger charge is 2.71. The largest absolute Gasteiger partial charge is 0.430 e. The van der Waals surface area contributed by atoms with E-state index >= 15 is 0 Å². The summed E-state index contributed by atoms with van der Waals surface area (Å²) < 4.78 is 124. The van der Waals surface area contributed by atoms with Crippen LogP contribution in [0.3, 0.4) is 0 Å². The van der Waals surface area contributed by atoms with E-state index in [1.807, 2.05) is 0 Å². The van der Waals surface area contributed by atoms with Crippen molar-refractivity contribution in [3.63, 3.8) is 0 Å². The van der Waals surface area contributed by atoms with Crippen LogP contribution in [0.2, 0.25) is 0 Å². The van der Waals surface area contributed by atoms with Crippen LogP contribution in [-0.4, -0.2) is 45.6 Å². The third-order valence-corrected chi connectivity index (χ3v) is 8.99. The number of alkyl halides is 8. The zero-order chi connectivity index (χ0) is 30.4. The molecule has 2 aliphatic rings. The third-order valence-electron chi connectivity index (χ3n) is 7.46. The Morgan fingerprint density at radius 3 is 2.27 bits per heavy atom. The molecule has 5 nitrogen and oxygen atoms in total. The van der Waals surface area contributed by atoms with E-state index in [0.717, 1.165) is 11.6 Å². The van der Waals surface area contributed by atoms with Gasteiger partial charge in [-0.15, -0.1) is 0 Å². The summed E-state index contributed by atoms with van der Waals surface area (Å²) in [4.78, 5) is 13.2. The van der Waals surface area contributed by atoms with Gasteiger partial charge < -0.3 is 10.4 Å². The number of carbonyl (C=O) groups is 1. The van der Waals surface area contributed by atoms with Crippen molar-refractivity contribution in [1.82, 2.24) is 5.32 Å². The summed E-state index contributed by atoms with van der Waals surface area (Å²) in [5, 5.41) is 12.5. The van der Waals surface area contributed by atoms with Gasteiger partial charge in [-0.1, -0.05) is 29.8 Å². The van der Waals surface area contributed by atoms with E-state index in [4.69, 9.17) is 0 Å². The van der Waals surface area contributed by atoms with Gasteiger partial charge in [0, 0.05) is 30.9 Å². The van der Waals surface area contributed by atoms with Crippen LogP contribution in [-0.2, 0) is 27.8 Å². The molecule has 1 aliphatic carbocycles. The molecule has 1 aliphatic heterocycles. The zero-order valence-electron chi connectivity index (χ0n) is 21.8. The summed E-state index contributed by atoms with van der Waals surface area (Å²) in [7, 11) is -2.04. The van der Waals surface area contributed by atoms with Gasteiger partial charge in [0.25, 0.3) is 5.60 Å². The van der Waals surface area contributed by atoms with Crippen LogP contribution in [0.4, 0.5) is 40.8 Å². The first-order valence-corrected chi connectivity index (χ1v) is 14.0. The Kier molecular flexibility index (Phi) is 8.49. The van der Waals surface area contributed by atoms with Gasteiger partial charge in [-0.25, -0.2) is 13.0 Å². The standard InChI is InChI=1S/C27H28F8N2O3S/c1-16-4-9-21(10-5-16)41(40)37-20(14-23(38)36-19-3-2-12-24(28,29)15-19)8-6-17-13-18(7-11-22(17)37)25(39,26(30,31)32)27(33,34)35/h4-5,7,9-11,13,19-20,39H,2-3,6,8,12,14-15H2,1H3,(H,36,38)/t19?,20-,41?/m0/s1. The average molecular weight is 613 g/mol. The fourth-order valence-electron chi connectivity index (χ4n) is 5.32. The highest BCUT2D eigenvalue weighted by atomic mass is 32.2. The molecular formula is C27H28F8N2O3S. The molecule has 0 saturated heterocycles. The predicted molar refractivity (Wildman–Crippen MR) is 135 cm³/mol. The van der Waals surface area contributed by atoms with Crippen molar-refractivity contribution in [2.24, 2.45) is 0 Å². The second-order valence-electron chi connectivity index (χ2n) is 10.6. The van der Waals surface area contributed by atoms with Crippen LogP contribution in [0.5, 0.6) is 0 Å². The molecule has 0 bridgehead atoms. The van der Waals surface area contributed by atoms with Crippen LogP contribution < -0.4 is 9.62 Å². The molecule has 0 radical (unpaired) electrons. The van der Waals surface area contributed by atoms with Gasteiger partial charge in [0.2, 0.25) is 11.8 Å². The Hall–Kier alpha value is -2.74. The van der Waals surface area contributed by atoms with Crippen molar-refractivity contribution in [2.45, 2.75) is 92.7 Å². The lowest BCUT2D eigenvalue weighted by Gasteiger charge is -2.39. The summed E-state index contributed by atoms with van der Waals surface area (Å²) in [5.74, 6) is -3.50. The molecular weight excluding hydrogens is 584 g/mol. The average Bonchev–Trinajstić information content (AvgIpc) is 2.86. The first kappa shape index (κ1) is 31.2. The number of rotatable bonds is 6. The molecule has 0 spiro atoms. The van der Waals surface area contributed by atoms with Crippen molar-refractivity contribution < 1.29 is 49.2 Å². The van der Waals surface area contributed by atoms with Gasteiger partial charge >= 0.3 is 12.4 Å². The SMILES string of the molecule is Cc1ccc(S(=O)N2c3ccc(C(O)(C(F)(F)F)C(F)(F)F)cc3CC[C@H]2CC(=O)NC2CCCC(F)(F)C2)cc1. The van der Waals surface area contributed by atoms with E-state index in [2.05, 4.69) is 5.32 Å². The molecule has 1 saturated carbocycles. The van der Waals surface area contributed by atoms with Crippen molar-refractivity contribution in [1.29, 1.82) is 0 Å². The number of nitrogens with one attached hydrogen (secondary N) is 1. The predicted octanol–water partition coefficient (Wildman–Crippen LogP) is 6.24. The second kappa shape index (κ2) is 11.2. The summed E-state index contributed by atoms with van der Waals surface area (Å²) >= 11 is 0. The number of benzene rings is 2. The van der Waals surface area contributed by atoms with Gasteiger partial charge in [0.15, 0.2) is 11.0 Å². The number of carbonyl (C=O) groups excluding carboxylic acids is 1. The van der Waals surface area contributed by atoms with E-state index in [1.54, 1.807) is 31.2 Å². The van der Waals surface area contributed by atoms with Crippen LogP contribution in [0.25, 0.3) is 0 Å². The maximum Gasteiger partial charge on any atom is 0.430 e. The van der Waals surface area contributed by atoms with Gasteiger partial charge in [-0.2, -0.15) is 26.3 Å². The van der Waals surface area contributed by atoms with E-state index in [0.29, 0.717) is 18.6 Å². The quantitative estimate of drug-likeness (QED) is 0.380. The minimum Gasteiger partial charge on any atom is -0.369 e. The molecule has 226 valence electrons. The van der Waals surface area contributed by atoms with Crippen LogP contribution in [0.1, 0.15) is 55.2 Å². The zero-order valence-corrected chi connectivity index (χ0v) is 22.6. The summed E-state index contributed by atoms with van der Waals surface area (Å²) in [5.41, 5.74) is -5.72. The van der Waals surface area contributed by atoms with Crippen LogP contribution in [0, 0.1) is 6.92 Å². The highest BCUT2D eigenvalue weighted by Crippen LogP contribution is 2.51. The number of amides is 1. The summed E-state index contributed by atoms with van der Waals surface area (Å²) in [6, 6.07) is 6.83. The molecule has 2 unspecified atom stereocenters. The van der Waals surface area contributed by atoms with Crippen molar-refractivity contribution in [2.75, 3.05) is 4.31 Å². The Morgan fingerprint density at radius 1 is 1.05 bits per heavy atom. The number of nitrogens with zero attached hydrogens (tertiary/aromatic N) is 1. The molecule has 14 heteroatoms. The first-order valence-electron chi connectivity index (χ1n) is 12.9. The van der Waals surface area contributed by atoms with Crippen molar-refractivity contribution in [3.8, 4) is 0 Å². The normalized spacial score (nSPS) is 22.1. The molecule has 1 amide bonds. The van der Waals surface area contributed by atoms with Gasteiger partial charge in [0.05, 0.1) is 16.6 Å². The first-order chi connectivity index (χ1) is 18.9. The number of hydrogen-bond donors (Lipinski definition) is 2. The van der Waals surface area contributed by atoms with Crippen LogP contribution >= 0.6 is 0 Å². The second-order valence-corrected chi connectivity index (χ2v) is 11.9. The number of halogens is 8. The lowest BCUT2D eigenvalue weighted by molar-refractivity contribution is -0.376. The Balaban J connectivity index is 1.68. The molecule has 3 atom stereocenters. The maximum atomic E-state index is 13.8. The fourth-order valence-corrected chi connectivity index (χ4v) is 6.73. The number of aliphatic hydroxyl groups is 1. The minimum atomic E-state index is -6.07. The number of anilines is 1. The van der Waals surface area contributed by atoms with Crippen molar-refractivity contribution >= 4 is 22.6 Å². The minimum absolute atomic E-state index is 0.0127. The van der Waals surface area contributed by atoms with Crippen LogP contribution in [0.15, 0.2) is 47.4 Å². The lowest BCUT2D eigenvalue weighted by Crippen LogP contribution is -2.54. The Labute approximate surface area is 233 Å². The smallest absolute Gasteiger partial charge is 0.369 e. The maximum absolute atomic E-state index is 13.8. The molecule has 4 rings (SSSR count). The third kappa shape index (κ3) is 6.37. The Bertz CT molecular complexity index is 1280. The molecule has 2 aromatic carbocycles. The molecule has 1 heterocycles. The molecule has 1 fully saturated rings. The molecule has 41 heavy (non-hydrogen) atoms. The van der Waals surface area contributed by atoms with E-state index in [1.165, 1.54) is 4.31 Å². The Morgan fingerprint density at radius 2 is 1.68 bits per heavy atom.